The van der Waals surface area contributed by atoms with Crippen LogP contribution in [0, 0.1) is 6.92 Å². The standard InChI is InChI=1S/C13H10BrClN2O/c1-8-2-3-10(14)11(6-8)17-13(18)9-4-5-16-12(15)7-9/h2-7H,1H3,(H,17,18). The van der Waals surface area contributed by atoms with Crippen LogP contribution in [0.5, 0.6) is 0 Å². The van der Waals surface area contributed by atoms with E-state index in [1.807, 2.05) is 25.1 Å². The number of halogens is 2. The summed E-state index contributed by atoms with van der Waals surface area (Å²) in [5, 5.41) is 3.12. The van der Waals surface area contributed by atoms with E-state index in [0.717, 1.165) is 15.7 Å². The van der Waals surface area contributed by atoms with Gasteiger partial charge in [-0.25, -0.2) is 4.98 Å². The summed E-state index contributed by atoms with van der Waals surface area (Å²) < 4.78 is 0.835. The molecule has 0 spiro atoms. The van der Waals surface area contributed by atoms with Crippen LogP contribution in [0.25, 0.3) is 0 Å². The number of amides is 1. The lowest BCUT2D eigenvalue weighted by Gasteiger charge is -2.08. The Bertz CT molecular complexity index is 601. The topological polar surface area (TPSA) is 42.0 Å². The van der Waals surface area contributed by atoms with E-state index in [-0.39, 0.29) is 5.91 Å². The number of rotatable bonds is 2. The lowest BCUT2D eigenvalue weighted by molar-refractivity contribution is 0.102. The summed E-state index contributed by atoms with van der Waals surface area (Å²) in [6.07, 6.45) is 1.50. The molecule has 0 atom stereocenters. The van der Waals surface area contributed by atoms with Gasteiger partial charge in [0.1, 0.15) is 5.15 Å². The van der Waals surface area contributed by atoms with E-state index in [9.17, 15) is 4.79 Å². The third-order valence-corrected chi connectivity index (χ3v) is 3.26. The van der Waals surface area contributed by atoms with Crippen molar-refractivity contribution < 1.29 is 4.79 Å². The van der Waals surface area contributed by atoms with Gasteiger partial charge >= 0.3 is 0 Å². The minimum atomic E-state index is -0.217. The minimum absolute atomic E-state index is 0.217. The number of benzene rings is 1. The van der Waals surface area contributed by atoms with E-state index in [1.54, 1.807) is 6.07 Å². The Morgan fingerprint density at radius 1 is 1.33 bits per heavy atom. The third-order valence-electron chi connectivity index (χ3n) is 2.36. The van der Waals surface area contributed by atoms with Gasteiger partial charge in [0.05, 0.1) is 5.69 Å². The smallest absolute Gasteiger partial charge is 0.255 e. The van der Waals surface area contributed by atoms with Gasteiger partial charge in [0, 0.05) is 16.2 Å². The van der Waals surface area contributed by atoms with E-state index < -0.39 is 0 Å². The van der Waals surface area contributed by atoms with Gasteiger partial charge in [0.2, 0.25) is 0 Å². The molecule has 0 aliphatic carbocycles. The maximum absolute atomic E-state index is 12.0. The number of nitrogens with one attached hydrogen (secondary N) is 1. The fourth-order valence-electron chi connectivity index (χ4n) is 1.47. The molecule has 2 rings (SSSR count). The number of anilines is 1. The van der Waals surface area contributed by atoms with Crippen LogP contribution in [-0.4, -0.2) is 10.9 Å². The molecule has 92 valence electrons. The highest BCUT2D eigenvalue weighted by atomic mass is 79.9. The van der Waals surface area contributed by atoms with Crippen LogP contribution in [0.15, 0.2) is 41.0 Å². The molecule has 5 heteroatoms. The fraction of sp³-hybridized carbons (Fsp3) is 0.0769. The zero-order valence-corrected chi connectivity index (χ0v) is 11.9. The Kier molecular flexibility index (Phi) is 3.99. The van der Waals surface area contributed by atoms with Crippen molar-refractivity contribution in [2.45, 2.75) is 6.92 Å². The van der Waals surface area contributed by atoms with Gasteiger partial charge in [-0.1, -0.05) is 17.7 Å². The van der Waals surface area contributed by atoms with Crippen LogP contribution in [0.1, 0.15) is 15.9 Å². The first-order chi connectivity index (χ1) is 8.56. The zero-order valence-electron chi connectivity index (χ0n) is 9.58. The van der Waals surface area contributed by atoms with E-state index in [4.69, 9.17) is 11.6 Å². The number of hydrogen-bond acceptors (Lipinski definition) is 2. The van der Waals surface area contributed by atoms with Crippen molar-refractivity contribution in [3.63, 3.8) is 0 Å². The zero-order chi connectivity index (χ0) is 13.1. The maximum Gasteiger partial charge on any atom is 0.255 e. The van der Waals surface area contributed by atoms with Crippen LogP contribution < -0.4 is 5.32 Å². The molecule has 18 heavy (non-hydrogen) atoms. The lowest BCUT2D eigenvalue weighted by Crippen LogP contribution is -2.12. The van der Waals surface area contributed by atoms with Crippen molar-refractivity contribution in [2.24, 2.45) is 0 Å². The number of carbonyl (C=O) groups excluding carboxylic acids is 1. The van der Waals surface area contributed by atoms with Crippen molar-refractivity contribution >= 4 is 39.1 Å². The van der Waals surface area contributed by atoms with Crippen LogP contribution in [0.2, 0.25) is 5.15 Å². The molecule has 0 radical (unpaired) electrons. The number of carbonyl (C=O) groups is 1. The highest BCUT2D eigenvalue weighted by molar-refractivity contribution is 9.10. The molecule has 1 N–H and O–H groups in total. The molecule has 3 nitrogen and oxygen atoms in total. The molecule has 1 aromatic heterocycles. The normalized spacial score (nSPS) is 10.2. The summed E-state index contributed by atoms with van der Waals surface area (Å²) in [6, 6.07) is 8.89. The summed E-state index contributed by atoms with van der Waals surface area (Å²) in [5.41, 5.74) is 2.28. The first-order valence-electron chi connectivity index (χ1n) is 5.25. The number of nitrogens with zero attached hydrogens (tertiary/aromatic N) is 1. The predicted molar refractivity (Wildman–Crippen MR) is 76.1 cm³/mol. The predicted octanol–water partition coefficient (Wildman–Crippen LogP) is 4.06. The van der Waals surface area contributed by atoms with Gasteiger partial charge in [-0.05, 0) is 52.7 Å². The first-order valence-corrected chi connectivity index (χ1v) is 6.42. The van der Waals surface area contributed by atoms with Crippen molar-refractivity contribution in [1.29, 1.82) is 0 Å². The molecule has 1 heterocycles. The molecule has 0 saturated carbocycles. The number of aryl methyl sites for hydroxylation is 1. The maximum atomic E-state index is 12.0. The van der Waals surface area contributed by atoms with Crippen molar-refractivity contribution in [2.75, 3.05) is 5.32 Å². The molecule has 1 aromatic carbocycles. The molecule has 0 aliphatic rings. The molecule has 0 aliphatic heterocycles. The van der Waals surface area contributed by atoms with E-state index >= 15 is 0 Å². The van der Waals surface area contributed by atoms with Gasteiger partial charge in [-0.3, -0.25) is 4.79 Å². The van der Waals surface area contributed by atoms with Gasteiger partial charge in [-0.15, -0.1) is 0 Å². The molecule has 0 unspecified atom stereocenters. The summed E-state index contributed by atoms with van der Waals surface area (Å²) in [4.78, 5) is 15.8. The van der Waals surface area contributed by atoms with E-state index in [0.29, 0.717) is 10.7 Å². The molecule has 0 saturated heterocycles. The summed E-state index contributed by atoms with van der Waals surface area (Å²) in [5.74, 6) is -0.217. The van der Waals surface area contributed by atoms with Gasteiger partial charge in [-0.2, -0.15) is 0 Å². The van der Waals surface area contributed by atoms with Gasteiger partial charge in [0.25, 0.3) is 5.91 Å². The average Bonchev–Trinajstić information content (AvgIpc) is 2.34. The van der Waals surface area contributed by atoms with Crippen molar-refractivity contribution in [1.82, 2.24) is 4.98 Å². The highest BCUT2D eigenvalue weighted by Crippen LogP contribution is 2.24. The molecule has 0 fully saturated rings. The molecule has 1 amide bonds. The molecule has 0 bridgehead atoms. The Balaban J connectivity index is 2.24. The van der Waals surface area contributed by atoms with Gasteiger partial charge < -0.3 is 5.32 Å². The number of aromatic nitrogens is 1. The van der Waals surface area contributed by atoms with E-state index in [1.165, 1.54) is 12.3 Å². The minimum Gasteiger partial charge on any atom is -0.321 e. The Morgan fingerprint density at radius 2 is 2.11 bits per heavy atom. The SMILES string of the molecule is Cc1ccc(Br)c(NC(=O)c2ccnc(Cl)c2)c1. The third kappa shape index (κ3) is 3.09. The fourth-order valence-corrected chi connectivity index (χ4v) is 1.99. The second kappa shape index (κ2) is 5.50. The first kappa shape index (κ1) is 13.1. The Hall–Kier alpha value is -1.39. The summed E-state index contributed by atoms with van der Waals surface area (Å²) in [7, 11) is 0. The number of pyridine rings is 1. The van der Waals surface area contributed by atoms with Crippen molar-refractivity contribution in [3.8, 4) is 0 Å². The average molecular weight is 326 g/mol. The monoisotopic (exact) mass is 324 g/mol. The second-order valence-electron chi connectivity index (χ2n) is 3.80. The lowest BCUT2D eigenvalue weighted by atomic mass is 10.2. The van der Waals surface area contributed by atoms with Crippen LogP contribution >= 0.6 is 27.5 Å². The Morgan fingerprint density at radius 3 is 2.83 bits per heavy atom. The van der Waals surface area contributed by atoms with Crippen LogP contribution in [0.4, 0.5) is 5.69 Å². The van der Waals surface area contributed by atoms with Gasteiger partial charge in [0.15, 0.2) is 0 Å². The largest absolute Gasteiger partial charge is 0.321 e. The van der Waals surface area contributed by atoms with E-state index in [2.05, 4.69) is 26.2 Å². The quantitative estimate of drug-likeness (QED) is 0.846. The highest BCUT2D eigenvalue weighted by Gasteiger charge is 2.09. The van der Waals surface area contributed by atoms with Crippen LogP contribution in [0.3, 0.4) is 0 Å². The molecule has 2 aromatic rings. The molecular weight excluding hydrogens is 316 g/mol. The Labute approximate surface area is 118 Å². The summed E-state index contributed by atoms with van der Waals surface area (Å²) in [6.45, 7) is 1.96. The second-order valence-corrected chi connectivity index (χ2v) is 5.05. The van der Waals surface area contributed by atoms with Crippen LogP contribution in [-0.2, 0) is 0 Å². The molecular formula is C13H10BrClN2O. The number of hydrogen-bond donors (Lipinski definition) is 1. The van der Waals surface area contributed by atoms with Crippen molar-refractivity contribution in [3.05, 3.63) is 57.3 Å². The summed E-state index contributed by atoms with van der Waals surface area (Å²) >= 11 is 9.14.